The van der Waals surface area contributed by atoms with Crippen LogP contribution in [0.4, 0.5) is 15.3 Å². The Balaban J connectivity index is 2.06. The molecule has 0 bridgehead atoms. The number of urea groups is 2. The molecule has 2 aromatic carbocycles. The van der Waals surface area contributed by atoms with E-state index in [0.717, 1.165) is 10.8 Å². The van der Waals surface area contributed by atoms with E-state index in [-0.39, 0.29) is 5.82 Å². The molecule has 1 heterocycles. The summed E-state index contributed by atoms with van der Waals surface area (Å²) >= 11 is 0. The van der Waals surface area contributed by atoms with Crippen molar-refractivity contribution in [2.24, 2.45) is 0 Å². The molecular weight excluding hydrogens is 242 g/mol. The lowest BCUT2D eigenvalue weighted by Gasteiger charge is -2.29. The molecule has 1 aliphatic heterocycles. The molecule has 1 saturated heterocycles. The SMILES string of the molecule is C=C1NC(=O)NC(=O)N1c1ccc2ccccc2c1. The summed E-state index contributed by atoms with van der Waals surface area (Å²) in [4.78, 5) is 24.3. The Labute approximate surface area is 109 Å². The monoisotopic (exact) mass is 253 g/mol. The normalized spacial score (nSPS) is 15.4. The summed E-state index contributed by atoms with van der Waals surface area (Å²) in [5.41, 5.74) is 0.654. The Kier molecular flexibility index (Phi) is 2.45. The summed E-state index contributed by atoms with van der Waals surface area (Å²) in [7, 11) is 0. The van der Waals surface area contributed by atoms with E-state index in [2.05, 4.69) is 17.2 Å². The van der Waals surface area contributed by atoms with E-state index in [9.17, 15) is 9.59 Å². The van der Waals surface area contributed by atoms with Crippen LogP contribution < -0.4 is 15.5 Å². The summed E-state index contributed by atoms with van der Waals surface area (Å²) < 4.78 is 0. The van der Waals surface area contributed by atoms with E-state index < -0.39 is 12.1 Å². The highest BCUT2D eigenvalue weighted by Gasteiger charge is 2.27. The highest BCUT2D eigenvalue weighted by Crippen LogP contribution is 2.24. The van der Waals surface area contributed by atoms with E-state index in [1.165, 1.54) is 4.90 Å². The molecule has 0 aromatic heterocycles. The molecule has 0 saturated carbocycles. The number of carbonyl (C=O) groups is 2. The number of nitrogens with one attached hydrogen (secondary N) is 2. The third-order valence-electron chi connectivity index (χ3n) is 2.94. The molecule has 1 fully saturated rings. The molecule has 0 radical (unpaired) electrons. The molecule has 2 aromatic rings. The maximum atomic E-state index is 11.8. The van der Waals surface area contributed by atoms with E-state index in [1.807, 2.05) is 42.5 Å². The van der Waals surface area contributed by atoms with Gasteiger partial charge in [-0.15, -0.1) is 0 Å². The van der Waals surface area contributed by atoms with E-state index >= 15 is 0 Å². The Morgan fingerprint density at radius 2 is 1.68 bits per heavy atom. The number of fused-ring (bicyclic) bond motifs is 1. The van der Waals surface area contributed by atoms with Gasteiger partial charge >= 0.3 is 12.1 Å². The maximum absolute atomic E-state index is 11.8. The van der Waals surface area contributed by atoms with Crippen molar-refractivity contribution >= 4 is 28.5 Å². The molecule has 5 heteroatoms. The van der Waals surface area contributed by atoms with Crippen molar-refractivity contribution in [1.29, 1.82) is 0 Å². The highest BCUT2D eigenvalue weighted by molar-refractivity contribution is 6.08. The number of hydrogen-bond donors (Lipinski definition) is 2. The lowest BCUT2D eigenvalue weighted by Crippen LogP contribution is -2.55. The first-order valence-electron chi connectivity index (χ1n) is 5.75. The predicted octanol–water partition coefficient (Wildman–Crippen LogP) is 2.55. The van der Waals surface area contributed by atoms with Gasteiger partial charge in [-0.1, -0.05) is 36.9 Å². The van der Waals surface area contributed by atoms with Crippen molar-refractivity contribution in [2.45, 2.75) is 0 Å². The zero-order chi connectivity index (χ0) is 13.4. The Hall–Kier alpha value is -2.82. The minimum absolute atomic E-state index is 0.240. The fraction of sp³-hybridized carbons (Fsp3) is 0. The first kappa shape index (κ1) is 11.3. The number of imide groups is 1. The summed E-state index contributed by atoms with van der Waals surface area (Å²) in [5.74, 6) is 0.240. The zero-order valence-corrected chi connectivity index (χ0v) is 10.0. The van der Waals surface area contributed by atoms with Gasteiger partial charge in [-0.3, -0.25) is 10.6 Å². The fourth-order valence-electron chi connectivity index (χ4n) is 2.08. The Morgan fingerprint density at radius 3 is 2.42 bits per heavy atom. The summed E-state index contributed by atoms with van der Waals surface area (Å²) in [6.45, 7) is 3.69. The van der Waals surface area contributed by atoms with Crippen LogP contribution in [-0.2, 0) is 0 Å². The number of benzene rings is 2. The minimum atomic E-state index is -0.563. The first-order chi connectivity index (χ1) is 9.15. The maximum Gasteiger partial charge on any atom is 0.335 e. The van der Waals surface area contributed by atoms with Crippen molar-refractivity contribution < 1.29 is 9.59 Å². The van der Waals surface area contributed by atoms with Crippen molar-refractivity contribution in [3.63, 3.8) is 0 Å². The second kappa shape index (κ2) is 4.13. The molecule has 19 heavy (non-hydrogen) atoms. The van der Waals surface area contributed by atoms with E-state index in [0.29, 0.717) is 5.69 Å². The quantitative estimate of drug-likeness (QED) is 0.820. The van der Waals surface area contributed by atoms with Crippen LogP contribution in [0, 0.1) is 0 Å². The Bertz CT molecular complexity index is 689. The number of anilines is 1. The molecule has 1 aliphatic rings. The number of rotatable bonds is 1. The van der Waals surface area contributed by atoms with Gasteiger partial charge in [0.15, 0.2) is 0 Å². The van der Waals surface area contributed by atoms with Gasteiger partial charge < -0.3 is 0 Å². The van der Waals surface area contributed by atoms with Crippen LogP contribution in [0.3, 0.4) is 0 Å². The third-order valence-corrected chi connectivity index (χ3v) is 2.94. The second-order valence-corrected chi connectivity index (χ2v) is 4.20. The molecule has 0 aliphatic carbocycles. The lowest BCUT2D eigenvalue weighted by molar-refractivity contribution is 0.228. The number of amides is 4. The van der Waals surface area contributed by atoms with Crippen molar-refractivity contribution in [2.75, 3.05) is 4.90 Å². The lowest BCUT2D eigenvalue weighted by atomic mass is 10.1. The van der Waals surface area contributed by atoms with Crippen LogP contribution in [0.15, 0.2) is 54.9 Å². The zero-order valence-electron chi connectivity index (χ0n) is 10.0. The number of carbonyl (C=O) groups excluding carboxylic acids is 2. The molecule has 0 atom stereocenters. The number of hydrogen-bond acceptors (Lipinski definition) is 2. The van der Waals surface area contributed by atoms with Crippen molar-refractivity contribution in [1.82, 2.24) is 10.6 Å². The third kappa shape index (κ3) is 1.91. The molecule has 4 amide bonds. The summed E-state index contributed by atoms with van der Waals surface area (Å²) in [6, 6.07) is 12.4. The average molecular weight is 253 g/mol. The second-order valence-electron chi connectivity index (χ2n) is 4.20. The van der Waals surface area contributed by atoms with Gasteiger partial charge in [0.25, 0.3) is 0 Å². The highest BCUT2D eigenvalue weighted by atomic mass is 16.2. The largest absolute Gasteiger partial charge is 0.335 e. The fourth-order valence-corrected chi connectivity index (χ4v) is 2.08. The summed E-state index contributed by atoms with van der Waals surface area (Å²) in [6.07, 6.45) is 0. The molecule has 2 N–H and O–H groups in total. The Morgan fingerprint density at radius 1 is 0.947 bits per heavy atom. The number of nitrogens with zero attached hydrogens (tertiary/aromatic N) is 1. The standard InChI is InChI=1S/C14H11N3O2/c1-9-15-13(18)16-14(19)17(9)12-7-6-10-4-2-3-5-11(10)8-12/h2-8H,1H2,(H2,15,16,18,19). The van der Waals surface area contributed by atoms with Crippen LogP contribution in [0.1, 0.15) is 0 Å². The minimum Gasteiger partial charge on any atom is -0.293 e. The van der Waals surface area contributed by atoms with E-state index in [1.54, 1.807) is 0 Å². The van der Waals surface area contributed by atoms with Gasteiger partial charge in [0.2, 0.25) is 0 Å². The van der Waals surface area contributed by atoms with Gasteiger partial charge in [0.05, 0.1) is 5.69 Å². The molecular formula is C14H11N3O2. The van der Waals surface area contributed by atoms with Crippen molar-refractivity contribution in [3.05, 3.63) is 54.9 Å². The van der Waals surface area contributed by atoms with Crippen LogP contribution >= 0.6 is 0 Å². The van der Waals surface area contributed by atoms with Gasteiger partial charge in [0.1, 0.15) is 5.82 Å². The average Bonchev–Trinajstić information content (AvgIpc) is 2.37. The van der Waals surface area contributed by atoms with Crippen LogP contribution in [0.5, 0.6) is 0 Å². The molecule has 94 valence electrons. The van der Waals surface area contributed by atoms with Crippen LogP contribution in [-0.4, -0.2) is 12.1 Å². The predicted molar refractivity (Wildman–Crippen MR) is 72.6 cm³/mol. The van der Waals surface area contributed by atoms with Gasteiger partial charge in [-0.25, -0.2) is 14.5 Å². The van der Waals surface area contributed by atoms with Gasteiger partial charge in [-0.2, -0.15) is 0 Å². The first-order valence-corrected chi connectivity index (χ1v) is 5.75. The van der Waals surface area contributed by atoms with Gasteiger partial charge in [0, 0.05) is 0 Å². The van der Waals surface area contributed by atoms with Crippen LogP contribution in [0.25, 0.3) is 10.8 Å². The van der Waals surface area contributed by atoms with Crippen LogP contribution in [0.2, 0.25) is 0 Å². The topological polar surface area (TPSA) is 61.4 Å². The molecule has 5 nitrogen and oxygen atoms in total. The molecule has 0 unspecified atom stereocenters. The summed E-state index contributed by atoms with van der Waals surface area (Å²) in [5, 5.41) is 6.74. The smallest absolute Gasteiger partial charge is 0.293 e. The van der Waals surface area contributed by atoms with Gasteiger partial charge in [-0.05, 0) is 22.9 Å². The van der Waals surface area contributed by atoms with E-state index in [4.69, 9.17) is 0 Å². The van der Waals surface area contributed by atoms with Crippen molar-refractivity contribution in [3.8, 4) is 0 Å². The molecule has 3 rings (SSSR count). The molecule has 0 spiro atoms.